The van der Waals surface area contributed by atoms with E-state index in [1.807, 2.05) is 18.2 Å². The fourth-order valence-corrected chi connectivity index (χ4v) is 1.13. The van der Waals surface area contributed by atoms with E-state index < -0.39 is 0 Å². The van der Waals surface area contributed by atoms with Gasteiger partial charge in [0.15, 0.2) is 0 Å². The fourth-order valence-electron chi connectivity index (χ4n) is 1.13. The van der Waals surface area contributed by atoms with E-state index in [1.54, 1.807) is 6.20 Å². The molecule has 3 heteroatoms. The van der Waals surface area contributed by atoms with Crippen molar-refractivity contribution < 1.29 is 0 Å². The van der Waals surface area contributed by atoms with Crippen LogP contribution in [0.2, 0.25) is 0 Å². The Labute approximate surface area is 69.8 Å². The molecule has 0 aliphatic rings. The monoisotopic (exact) mass is 157 g/mol. The summed E-state index contributed by atoms with van der Waals surface area (Å²) in [5, 5.41) is 0.940. The zero-order chi connectivity index (χ0) is 8.39. The molecule has 0 aliphatic carbocycles. The Bertz CT molecular complexity index is 418. The van der Waals surface area contributed by atoms with Crippen molar-refractivity contribution in [3.63, 3.8) is 0 Å². The fraction of sp³-hybridized carbons (Fsp3) is 0. The standard InChI is InChI=1S/C9H7N3/c1-10-8-3-2-4-9-7(8)5-11-6-12-9/h2-6H,1H2. The van der Waals surface area contributed by atoms with Crippen LogP contribution in [-0.4, -0.2) is 16.7 Å². The van der Waals surface area contributed by atoms with Crippen molar-refractivity contribution in [1.82, 2.24) is 9.97 Å². The molecular formula is C9H7N3. The Morgan fingerprint density at radius 3 is 3.08 bits per heavy atom. The summed E-state index contributed by atoms with van der Waals surface area (Å²) in [5.74, 6) is 0. The van der Waals surface area contributed by atoms with Crippen molar-refractivity contribution in [3.05, 3.63) is 30.7 Å². The number of benzene rings is 1. The molecule has 1 heterocycles. The van der Waals surface area contributed by atoms with Gasteiger partial charge in [0.1, 0.15) is 6.33 Å². The molecule has 0 saturated heterocycles. The molecule has 0 bridgehead atoms. The maximum absolute atomic E-state index is 4.09. The predicted octanol–water partition coefficient (Wildman–Crippen LogP) is 1.96. The van der Waals surface area contributed by atoms with Gasteiger partial charge in [-0.3, -0.25) is 4.99 Å². The van der Waals surface area contributed by atoms with Crippen LogP contribution in [0.1, 0.15) is 0 Å². The average Bonchev–Trinajstić information content (AvgIpc) is 2.17. The third kappa shape index (κ3) is 0.955. The molecule has 0 atom stereocenters. The molecule has 2 aromatic rings. The second-order valence-corrected chi connectivity index (χ2v) is 2.39. The van der Waals surface area contributed by atoms with Crippen LogP contribution in [-0.2, 0) is 0 Å². The lowest BCUT2D eigenvalue weighted by atomic mass is 10.2. The van der Waals surface area contributed by atoms with Crippen LogP contribution < -0.4 is 0 Å². The van der Waals surface area contributed by atoms with Gasteiger partial charge in [0.05, 0.1) is 11.2 Å². The van der Waals surface area contributed by atoms with Crippen LogP contribution in [0.5, 0.6) is 0 Å². The molecular weight excluding hydrogens is 150 g/mol. The molecule has 1 aromatic heterocycles. The highest BCUT2D eigenvalue weighted by Crippen LogP contribution is 2.22. The highest BCUT2D eigenvalue weighted by atomic mass is 14.8. The van der Waals surface area contributed by atoms with Crippen molar-refractivity contribution in [3.8, 4) is 0 Å². The summed E-state index contributed by atoms with van der Waals surface area (Å²) in [5.41, 5.74) is 1.73. The zero-order valence-electron chi connectivity index (χ0n) is 6.44. The van der Waals surface area contributed by atoms with Gasteiger partial charge >= 0.3 is 0 Å². The quantitative estimate of drug-likeness (QED) is 0.593. The molecule has 0 radical (unpaired) electrons. The van der Waals surface area contributed by atoms with E-state index in [2.05, 4.69) is 21.7 Å². The Balaban J connectivity index is 2.88. The third-order valence-electron chi connectivity index (χ3n) is 1.70. The summed E-state index contributed by atoms with van der Waals surface area (Å²) in [6.07, 6.45) is 3.27. The number of nitrogens with zero attached hydrogens (tertiary/aromatic N) is 3. The van der Waals surface area contributed by atoms with E-state index in [0.717, 1.165) is 16.6 Å². The maximum Gasteiger partial charge on any atom is 0.116 e. The van der Waals surface area contributed by atoms with E-state index in [1.165, 1.54) is 6.33 Å². The van der Waals surface area contributed by atoms with Crippen LogP contribution >= 0.6 is 0 Å². The van der Waals surface area contributed by atoms with E-state index in [0.29, 0.717) is 0 Å². The normalized spacial score (nSPS) is 10.0. The summed E-state index contributed by atoms with van der Waals surface area (Å²) in [6.45, 7) is 3.48. The predicted molar refractivity (Wildman–Crippen MR) is 48.7 cm³/mol. The molecule has 0 aliphatic heterocycles. The topological polar surface area (TPSA) is 38.1 Å². The zero-order valence-corrected chi connectivity index (χ0v) is 6.44. The highest BCUT2D eigenvalue weighted by Gasteiger charge is 1.97. The molecule has 0 unspecified atom stereocenters. The van der Waals surface area contributed by atoms with Gasteiger partial charge in [-0.25, -0.2) is 9.97 Å². The first kappa shape index (κ1) is 6.91. The molecule has 2 rings (SSSR count). The second kappa shape index (κ2) is 2.70. The molecule has 0 amide bonds. The Kier molecular flexibility index (Phi) is 1.55. The van der Waals surface area contributed by atoms with Crippen LogP contribution in [0.15, 0.2) is 35.7 Å². The van der Waals surface area contributed by atoms with Crippen molar-refractivity contribution in [2.45, 2.75) is 0 Å². The van der Waals surface area contributed by atoms with Crippen molar-refractivity contribution in [2.24, 2.45) is 4.99 Å². The summed E-state index contributed by atoms with van der Waals surface area (Å²) >= 11 is 0. The number of aliphatic imine (C=N–C) groups is 1. The molecule has 58 valence electrons. The van der Waals surface area contributed by atoms with Gasteiger partial charge < -0.3 is 0 Å². The number of aromatic nitrogens is 2. The van der Waals surface area contributed by atoms with Crippen LogP contribution in [0.3, 0.4) is 0 Å². The van der Waals surface area contributed by atoms with Gasteiger partial charge in [0.2, 0.25) is 0 Å². The second-order valence-electron chi connectivity index (χ2n) is 2.39. The first-order valence-corrected chi connectivity index (χ1v) is 3.57. The molecule has 0 fully saturated rings. The third-order valence-corrected chi connectivity index (χ3v) is 1.70. The SMILES string of the molecule is C=Nc1cccc2ncncc12. The van der Waals surface area contributed by atoms with E-state index in [-0.39, 0.29) is 0 Å². The summed E-state index contributed by atoms with van der Waals surface area (Å²) in [4.78, 5) is 11.9. The molecule has 0 saturated carbocycles. The van der Waals surface area contributed by atoms with Gasteiger partial charge in [-0.1, -0.05) is 6.07 Å². The number of hydrogen-bond donors (Lipinski definition) is 0. The van der Waals surface area contributed by atoms with Gasteiger partial charge in [0.25, 0.3) is 0 Å². The lowest BCUT2D eigenvalue weighted by Gasteiger charge is -1.97. The summed E-state index contributed by atoms with van der Waals surface area (Å²) < 4.78 is 0. The van der Waals surface area contributed by atoms with E-state index in [9.17, 15) is 0 Å². The molecule has 12 heavy (non-hydrogen) atoms. The highest BCUT2D eigenvalue weighted by molar-refractivity contribution is 5.89. The van der Waals surface area contributed by atoms with Crippen molar-refractivity contribution >= 4 is 23.3 Å². The van der Waals surface area contributed by atoms with E-state index >= 15 is 0 Å². The minimum absolute atomic E-state index is 0.827. The molecule has 0 spiro atoms. The van der Waals surface area contributed by atoms with E-state index in [4.69, 9.17) is 0 Å². The first-order valence-electron chi connectivity index (χ1n) is 3.57. The van der Waals surface area contributed by atoms with Gasteiger partial charge in [-0.2, -0.15) is 0 Å². The van der Waals surface area contributed by atoms with Gasteiger partial charge in [-0.15, -0.1) is 0 Å². The van der Waals surface area contributed by atoms with Crippen LogP contribution in [0.25, 0.3) is 10.9 Å². The lowest BCUT2D eigenvalue weighted by Crippen LogP contribution is -1.79. The van der Waals surface area contributed by atoms with Crippen molar-refractivity contribution in [1.29, 1.82) is 0 Å². The largest absolute Gasteiger partial charge is 0.264 e. The Morgan fingerprint density at radius 2 is 2.25 bits per heavy atom. The Morgan fingerprint density at radius 1 is 1.33 bits per heavy atom. The number of fused-ring (bicyclic) bond motifs is 1. The summed E-state index contributed by atoms with van der Waals surface area (Å²) in [7, 11) is 0. The molecule has 1 aromatic carbocycles. The minimum Gasteiger partial charge on any atom is -0.264 e. The van der Waals surface area contributed by atoms with Crippen LogP contribution in [0, 0.1) is 0 Å². The molecule has 3 nitrogen and oxygen atoms in total. The van der Waals surface area contributed by atoms with Crippen LogP contribution in [0.4, 0.5) is 5.69 Å². The molecule has 0 N–H and O–H groups in total. The number of hydrogen-bond acceptors (Lipinski definition) is 3. The van der Waals surface area contributed by atoms with Gasteiger partial charge in [-0.05, 0) is 18.9 Å². The smallest absolute Gasteiger partial charge is 0.116 e. The summed E-state index contributed by atoms with van der Waals surface area (Å²) in [6, 6.07) is 5.71. The van der Waals surface area contributed by atoms with Crippen molar-refractivity contribution in [2.75, 3.05) is 0 Å². The average molecular weight is 157 g/mol. The Hall–Kier alpha value is -1.77. The maximum atomic E-state index is 4.09. The lowest BCUT2D eigenvalue weighted by molar-refractivity contribution is 1.22. The minimum atomic E-state index is 0.827. The van der Waals surface area contributed by atoms with Gasteiger partial charge in [0, 0.05) is 11.6 Å². The first-order chi connectivity index (χ1) is 5.92. The number of rotatable bonds is 1.